The largest absolute Gasteiger partial charge is 0.495 e. The van der Waals surface area contributed by atoms with Crippen molar-refractivity contribution in [1.29, 1.82) is 0 Å². The lowest BCUT2D eigenvalue weighted by molar-refractivity contribution is -0.114. The van der Waals surface area contributed by atoms with E-state index in [2.05, 4.69) is 26.0 Å². The minimum absolute atomic E-state index is 0.0159. The van der Waals surface area contributed by atoms with Gasteiger partial charge in [-0.1, -0.05) is 15.9 Å². The highest BCUT2D eigenvalue weighted by Gasteiger charge is 2.28. The smallest absolute Gasteiger partial charge is 0.264 e. The second-order valence-corrected chi connectivity index (χ2v) is 13.1. The molecule has 3 rings (SSSR count). The Hall–Kier alpha value is -3.13. The van der Waals surface area contributed by atoms with Crippen molar-refractivity contribution in [1.82, 2.24) is 4.72 Å². The molecule has 210 valence electrons. The Morgan fingerprint density at radius 3 is 2.13 bits per heavy atom. The number of sulfonamides is 2. The number of ether oxygens (including phenoxy) is 2. The van der Waals surface area contributed by atoms with Gasteiger partial charge < -0.3 is 14.8 Å². The van der Waals surface area contributed by atoms with Crippen LogP contribution in [-0.4, -0.2) is 49.0 Å². The van der Waals surface area contributed by atoms with Crippen LogP contribution in [0.4, 0.5) is 11.4 Å². The van der Waals surface area contributed by atoms with Crippen molar-refractivity contribution >= 4 is 53.3 Å². The van der Waals surface area contributed by atoms with E-state index in [-0.39, 0.29) is 33.0 Å². The molecule has 2 N–H and O–H groups in total. The number of amides is 1. The van der Waals surface area contributed by atoms with Crippen molar-refractivity contribution in [3.63, 3.8) is 0 Å². The first-order valence-electron chi connectivity index (χ1n) is 11.9. The molecule has 39 heavy (non-hydrogen) atoms. The summed E-state index contributed by atoms with van der Waals surface area (Å²) in [6, 6.07) is 16.0. The molecular formula is C26H30BrN3O7S2. The fourth-order valence-electron chi connectivity index (χ4n) is 3.57. The van der Waals surface area contributed by atoms with Crippen LogP contribution in [0.1, 0.15) is 20.8 Å². The van der Waals surface area contributed by atoms with Gasteiger partial charge in [-0.2, -0.15) is 0 Å². The zero-order valence-electron chi connectivity index (χ0n) is 21.8. The summed E-state index contributed by atoms with van der Waals surface area (Å²) < 4.78 is 67.5. The quantitative estimate of drug-likeness (QED) is 0.301. The Morgan fingerprint density at radius 2 is 1.56 bits per heavy atom. The van der Waals surface area contributed by atoms with Crippen molar-refractivity contribution in [2.45, 2.75) is 36.6 Å². The molecule has 13 heteroatoms. The predicted octanol–water partition coefficient (Wildman–Crippen LogP) is 4.38. The molecule has 0 fully saturated rings. The number of anilines is 2. The molecule has 0 unspecified atom stereocenters. The first kappa shape index (κ1) is 30.4. The van der Waals surface area contributed by atoms with Crippen LogP contribution in [0.15, 0.2) is 81.0 Å². The average Bonchev–Trinajstić information content (AvgIpc) is 2.87. The van der Waals surface area contributed by atoms with E-state index in [1.54, 1.807) is 50.2 Å². The maximum Gasteiger partial charge on any atom is 0.264 e. The number of nitrogens with one attached hydrogen (secondary N) is 2. The van der Waals surface area contributed by atoms with Crippen LogP contribution >= 0.6 is 15.9 Å². The van der Waals surface area contributed by atoms with Crippen LogP contribution < -0.4 is 23.8 Å². The SMILES string of the molecule is CCOc1ccc(N(CC(=O)Nc2cc(S(=O)(=O)NC(C)C)ccc2OC)S(=O)(=O)c2ccc(Br)cc2)cc1. The molecule has 0 heterocycles. The zero-order valence-corrected chi connectivity index (χ0v) is 25.1. The maximum absolute atomic E-state index is 13.6. The molecule has 0 aliphatic carbocycles. The van der Waals surface area contributed by atoms with E-state index >= 15 is 0 Å². The molecule has 0 aliphatic heterocycles. The topological polar surface area (TPSA) is 131 Å². The first-order valence-corrected chi connectivity index (χ1v) is 15.6. The molecule has 0 aromatic heterocycles. The molecule has 3 aromatic carbocycles. The van der Waals surface area contributed by atoms with Crippen LogP contribution in [0, 0.1) is 0 Å². The number of methoxy groups -OCH3 is 1. The van der Waals surface area contributed by atoms with E-state index in [0.29, 0.717) is 16.8 Å². The highest BCUT2D eigenvalue weighted by Crippen LogP contribution is 2.30. The number of nitrogens with zero attached hydrogens (tertiary/aromatic N) is 1. The van der Waals surface area contributed by atoms with Crippen LogP contribution in [0.3, 0.4) is 0 Å². The molecule has 0 aliphatic rings. The lowest BCUT2D eigenvalue weighted by Gasteiger charge is -2.24. The second-order valence-electron chi connectivity index (χ2n) is 8.58. The fourth-order valence-corrected chi connectivity index (χ4v) is 6.54. The summed E-state index contributed by atoms with van der Waals surface area (Å²) in [6.07, 6.45) is 0. The van der Waals surface area contributed by atoms with Crippen molar-refractivity contribution in [3.8, 4) is 11.5 Å². The van der Waals surface area contributed by atoms with Gasteiger partial charge in [0.2, 0.25) is 15.9 Å². The third-order valence-corrected chi connectivity index (χ3v) is 9.24. The summed E-state index contributed by atoms with van der Waals surface area (Å²) in [5.41, 5.74) is 0.308. The van der Waals surface area contributed by atoms with E-state index in [1.165, 1.54) is 37.4 Å². The van der Waals surface area contributed by atoms with Gasteiger partial charge >= 0.3 is 0 Å². The number of carbonyl (C=O) groups is 1. The van der Waals surface area contributed by atoms with Crippen LogP contribution in [0.25, 0.3) is 0 Å². The van der Waals surface area contributed by atoms with Crippen LogP contribution in [-0.2, 0) is 24.8 Å². The van der Waals surface area contributed by atoms with Gasteiger partial charge in [-0.3, -0.25) is 9.10 Å². The van der Waals surface area contributed by atoms with E-state index < -0.39 is 32.5 Å². The van der Waals surface area contributed by atoms with Gasteiger partial charge in [0.1, 0.15) is 18.0 Å². The first-order chi connectivity index (χ1) is 18.4. The predicted molar refractivity (Wildman–Crippen MR) is 153 cm³/mol. The molecule has 0 bridgehead atoms. The van der Waals surface area contributed by atoms with Gasteiger partial charge in [0, 0.05) is 10.5 Å². The molecule has 0 spiro atoms. The minimum atomic E-state index is -4.17. The summed E-state index contributed by atoms with van der Waals surface area (Å²) in [4.78, 5) is 13.1. The van der Waals surface area contributed by atoms with Crippen molar-refractivity contribution in [2.24, 2.45) is 0 Å². The number of benzene rings is 3. The van der Waals surface area contributed by atoms with Gasteiger partial charge in [-0.25, -0.2) is 21.6 Å². The summed E-state index contributed by atoms with van der Waals surface area (Å²) in [5, 5.41) is 2.60. The van der Waals surface area contributed by atoms with Gasteiger partial charge in [0.05, 0.1) is 34.9 Å². The Bertz CT molecular complexity index is 1510. The molecule has 0 saturated heterocycles. The van der Waals surface area contributed by atoms with Gasteiger partial charge in [0.25, 0.3) is 10.0 Å². The Labute approximate surface area is 237 Å². The lowest BCUT2D eigenvalue weighted by Crippen LogP contribution is -2.38. The summed E-state index contributed by atoms with van der Waals surface area (Å²) in [5.74, 6) is 0.0360. The lowest BCUT2D eigenvalue weighted by atomic mass is 10.2. The summed E-state index contributed by atoms with van der Waals surface area (Å²) in [7, 11) is -6.66. The van der Waals surface area contributed by atoms with Crippen LogP contribution in [0.5, 0.6) is 11.5 Å². The average molecular weight is 641 g/mol. The van der Waals surface area contributed by atoms with Crippen LogP contribution in [0.2, 0.25) is 0 Å². The number of rotatable bonds is 12. The summed E-state index contributed by atoms with van der Waals surface area (Å²) in [6.45, 7) is 5.04. The highest BCUT2D eigenvalue weighted by molar-refractivity contribution is 9.10. The number of hydrogen-bond donors (Lipinski definition) is 2. The van der Waals surface area contributed by atoms with Crippen molar-refractivity contribution < 1.29 is 31.1 Å². The van der Waals surface area contributed by atoms with Gasteiger partial charge in [-0.05, 0) is 87.5 Å². The molecule has 10 nitrogen and oxygen atoms in total. The third-order valence-electron chi connectivity index (χ3n) is 5.27. The molecule has 1 amide bonds. The highest BCUT2D eigenvalue weighted by atomic mass is 79.9. The third kappa shape index (κ3) is 7.72. The van der Waals surface area contributed by atoms with Gasteiger partial charge in [0.15, 0.2) is 0 Å². The van der Waals surface area contributed by atoms with Gasteiger partial charge in [-0.15, -0.1) is 0 Å². The Kier molecular flexibility index (Phi) is 9.99. The Morgan fingerprint density at radius 1 is 0.949 bits per heavy atom. The normalized spacial score (nSPS) is 11.7. The van der Waals surface area contributed by atoms with E-state index in [0.717, 1.165) is 4.31 Å². The number of halogens is 1. The second kappa shape index (κ2) is 12.8. The summed E-state index contributed by atoms with van der Waals surface area (Å²) >= 11 is 3.29. The van der Waals surface area contributed by atoms with Crippen molar-refractivity contribution in [3.05, 3.63) is 71.2 Å². The molecule has 0 radical (unpaired) electrons. The standard InChI is InChI=1S/C26H30BrN3O7S2/c1-5-37-21-10-8-20(9-11-21)30(39(34,35)22-12-6-19(27)7-13-22)17-26(31)28-24-16-23(14-15-25(24)36-4)38(32,33)29-18(2)3/h6-16,18,29H,5,17H2,1-4H3,(H,28,31). The molecular weight excluding hydrogens is 610 g/mol. The van der Waals surface area contributed by atoms with Crippen molar-refractivity contribution in [2.75, 3.05) is 29.9 Å². The Balaban J connectivity index is 1.97. The molecule has 0 atom stereocenters. The van der Waals surface area contributed by atoms with E-state index in [4.69, 9.17) is 9.47 Å². The van der Waals surface area contributed by atoms with E-state index in [9.17, 15) is 21.6 Å². The van der Waals surface area contributed by atoms with E-state index in [1.807, 2.05) is 6.92 Å². The molecule has 0 saturated carbocycles. The minimum Gasteiger partial charge on any atom is -0.495 e. The monoisotopic (exact) mass is 639 g/mol. The maximum atomic E-state index is 13.6. The molecule has 3 aromatic rings. The fraction of sp³-hybridized carbons (Fsp3) is 0.269. The number of carbonyl (C=O) groups excluding carboxylic acids is 1. The number of hydrogen-bond acceptors (Lipinski definition) is 7. The zero-order chi connectivity index (χ0) is 28.8.